The van der Waals surface area contributed by atoms with E-state index in [9.17, 15) is 9.59 Å². The number of carbonyl (C=O) groups is 2. The topological polar surface area (TPSA) is 46.6 Å². The van der Waals surface area contributed by atoms with Gasteiger partial charge in [0.2, 0.25) is 11.8 Å². The zero-order chi connectivity index (χ0) is 20.8. The number of hydrogen-bond donors (Lipinski definition) is 0. The Bertz CT molecular complexity index is 951. The van der Waals surface area contributed by atoms with Crippen molar-refractivity contribution in [2.24, 2.45) is 17.8 Å². The minimum Gasteiger partial charge on any atom is -0.457 e. The molecule has 4 rings (SSSR count). The maximum atomic E-state index is 12.9. The number of fused-ring (bicyclic) bond motifs is 1. The molecule has 0 aromatic heterocycles. The first kappa shape index (κ1) is 19.4. The second kappa shape index (κ2) is 7.18. The van der Waals surface area contributed by atoms with Crippen LogP contribution in [0, 0.1) is 17.8 Å². The van der Waals surface area contributed by atoms with Crippen LogP contribution < -0.4 is 9.64 Å². The molecule has 4 nitrogen and oxygen atoms in total. The van der Waals surface area contributed by atoms with E-state index in [2.05, 4.69) is 32.9 Å². The van der Waals surface area contributed by atoms with E-state index in [1.807, 2.05) is 31.2 Å². The zero-order valence-corrected chi connectivity index (χ0v) is 17.4. The van der Waals surface area contributed by atoms with E-state index in [1.165, 1.54) is 10.5 Å². The maximum absolute atomic E-state index is 12.9. The molecular weight excluding hydrogens is 362 g/mol. The van der Waals surface area contributed by atoms with Gasteiger partial charge in [0.15, 0.2) is 0 Å². The van der Waals surface area contributed by atoms with E-state index in [-0.39, 0.29) is 35.0 Å². The Labute approximate surface area is 172 Å². The van der Waals surface area contributed by atoms with Crippen molar-refractivity contribution in [1.82, 2.24) is 0 Å². The molecule has 1 fully saturated rings. The first-order chi connectivity index (χ1) is 13.8. The van der Waals surface area contributed by atoms with Crippen LogP contribution in [0.4, 0.5) is 5.69 Å². The van der Waals surface area contributed by atoms with Gasteiger partial charge < -0.3 is 4.74 Å². The second-order valence-corrected chi connectivity index (χ2v) is 9.04. The van der Waals surface area contributed by atoms with Gasteiger partial charge in [0, 0.05) is 0 Å². The summed E-state index contributed by atoms with van der Waals surface area (Å²) in [6.45, 7) is 8.53. The SMILES string of the molecule is C[C@H]1C=CC[C@H]2C(=O)N(c3ccc(Oc4ccc(C(C)(C)C)cc4)cc3)C(=O)[C@H]12. The third-order valence-corrected chi connectivity index (χ3v) is 5.92. The molecule has 2 aromatic carbocycles. The van der Waals surface area contributed by atoms with E-state index in [0.717, 1.165) is 5.75 Å². The highest BCUT2D eigenvalue weighted by Crippen LogP contribution is 2.40. The highest BCUT2D eigenvalue weighted by atomic mass is 16.5. The average Bonchev–Trinajstić information content (AvgIpc) is 2.94. The van der Waals surface area contributed by atoms with E-state index in [0.29, 0.717) is 17.9 Å². The zero-order valence-electron chi connectivity index (χ0n) is 17.4. The molecule has 1 aliphatic heterocycles. The molecule has 0 unspecified atom stereocenters. The van der Waals surface area contributed by atoms with E-state index < -0.39 is 0 Å². The summed E-state index contributed by atoms with van der Waals surface area (Å²) in [5.41, 5.74) is 1.95. The molecule has 4 heteroatoms. The van der Waals surface area contributed by atoms with Crippen molar-refractivity contribution >= 4 is 17.5 Å². The van der Waals surface area contributed by atoms with Gasteiger partial charge in [-0.2, -0.15) is 0 Å². The fraction of sp³-hybridized carbons (Fsp3) is 0.360. The quantitative estimate of drug-likeness (QED) is 0.516. The van der Waals surface area contributed by atoms with Gasteiger partial charge in [0.1, 0.15) is 11.5 Å². The highest BCUT2D eigenvalue weighted by molar-refractivity contribution is 6.22. The Kier molecular flexibility index (Phi) is 4.81. The molecule has 0 saturated carbocycles. The summed E-state index contributed by atoms with van der Waals surface area (Å²) in [5.74, 6) is 0.845. The molecule has 1 heterocycles. The van der Waals surface area contributed by atoms with Crippen LogP contribution >= 0.6 is 0 Å². The van der Waals surface area contributed by atoms with Gasteiger partial charge in [-0.1, -0.05) is 52.0 Å². The first-order valence-corrected chi connectivity index (χ1v) is 10.2. The minimum atomic E-state index is -0.246. The van der Waals surface area contributed by atoms with Gasteiger partial charge in [-0.25, -0.2) is 0 Å². The highest BCUT2D eigenvalue weighted by Gasteiger charge is 2.50. The standard InChI is InChI=1S/C25H27NO3/c1-16-6-5-7-21-22(16)24(28)26(23(21)27)18-10-14-20(15-11-18)29-19-12-8-17(9-13-19)25(2,3)4/h5-6,8-16,21-22H,7H2,1-4H3/t16-,21+,22+/m0/s1. The number of benzene rings is 2. The Hall–Kier alpha value is -2.88. The predicted octanol–water partition coefficient (Wildman–Crippen LogP) is 5.48. The fourth-order valence-corrected chi connectivity index (χ4v) is 4.22. The molecular formula is C25H27NO3. The van der Waals surface area contributed by atoms with Crippen molar-refractivity contribution < 1.29 is 14.3 Å². The molecule has 2 aromatic rings. The summed E-state index contributed by atoms with van der Waals surface area (Å²) in [6, 6.07) is 15.2. The number of allylic oxidation sites excluding steroid dienone is 2. The first-order valence-electron chi connectivity index (χ1n) is 10.2. The van der Waals surface area contributed by atoms with Crippen LogP contribution in [0.1, 0.15) is 39.7 Å². The van der Waals surface area contributed by atoms with Gasteiger partial charge in [-0.3, -0.25) is 14.5 Å². The van der Waals surface area contributed by atoms with Crippen LogP contribution in [0.2, 0.25) is 0 Å². The summed E-state index contributed by atoms with van der Waals surface area (Å²) in [7, 11) is 0. The van der Waals surface area contributed by atoms with E-state index in [4.69, 9.17) is 4.74 Å². The van der Waals surface area contributed by atoms with Crippen LogP contribution in [-0.2, 0) is 15.0 Å². The molecule has 3 atom stereocenters. The normalized spacial score (nSPS) is 24.0. The lowest BCUT2D eigenvalue weighted by molar-refractivity contribution is -0.122. The molecule has 0 N–H and O–H groups in total. The largest absolute Gasteiger partial charge is 0.457 e. The Balaban J connectivity index is 1.50. The van der Waals surface area contributed by atoms with Crippen molar-refractivity contribution in [1.29, 1.82) is 0 Å². The van der Waals surface area contributed by atoms with Crippen molar-refractivity contribution in [3.05, 3.63) is 66.2 Å². The van der Waals surface area contributed by atoms with Crippen LogP contribution in [0.5, 0.6) is 11.5 Å². The van der Waals surface area contributed by atoms with E-state index >= 15 is 0 Å². The minimum absolute atomic E-state index is 0.0916. The monoisotopic (exact) mass is 389 g/mol. The molecule has 0 radical (unpaired) electrons. The number of ether oxygens (including phenoxy) is 1. The molecule has 1 saturated heterocycles. The van der Waals surface area contributed by atoms with Crippen molar-refractivity contribution in [3.63, 3.8) is 0 Å². The van der Waals surface area contributed by atoms with Gasteiger partial charge in [-0.15, -0.1) is 0 Å². The molecule has 2 aliphatic rings. The number of anilines is 1. The Morgan fingerprint density at radius 3 is 2.03 bits per heavy atom. The molecule has 1 aliphatic carbocycles. The molecule has 29 heavy (non-hydrogen) atoms. The second-order valence-electron chi connectivity index (χ2n) is 9.04. The van der Waals surface area contributed by atoms with E-state index in [1.54, 1.807) is 24.3 Å². The van der Waals surface area contributed by atoms with Crippen molar-refractivity contribution in [2.45, 2.75) is 39.5 Å². The summed E-state index contributed by atoms with van der Waals surface area (Å²) < 4.78 is 5.93. The van der Waals surface area contributed by atoms with Crippen LogP contribution in [0.25, 0.3) is 0 Å². The smallest absolute Gasteiger partial charge is 0.238 e. The third kappa shape index (κ3) is 3.59. The fourth-order valence-electron chi connectivity index (χ4n) is 4.22. The van der Waals surface area contributed by atoms with Crippen LogP contribution in [-0.4, -0.2) is 11.8 Å². The summed E-state index contributed by atoms with van der Waals surface area (Å²) in [5, 5.41) is 0. The maximum Gasteiger partial charge on any atom is 0.238 e. The molecule has 0 spiro atoms. The van der Waals surface area contributed by atoms with Gasteiger partial charge >= 0.3 is 0 Å². The lowest BCUT2D eigenvalue weighted by Gasteiger charge is -2.22. The Morgan fingerprint density at radius 2 is 1.48 bits per heavy atom. The lowest BCUT2D eigenvalue weighted by atomic mass is 9.78. The van der Waals surface area contributed by atoms with Gasteiger partial charge in [0.05, 0.1) is 17.5 Å². The third-order valence-electron chi connectivity index (χ3n) is 5.92. The number of amides is 2. The number of nitrogens with zero attached hydrogens (tertiary/aromatic N) is 1. The van der Waals surface area contributed by atoms with Crippen molar-refractivity contribution in [2.75, 3.05) is 4.90 Å². The number of imide groups is 1. The van der Waals surface area contributed by atoms with Gasteiger partial charge in [-0.05, 0) is 59.7 Å². The summed E-state index contributed by atoms with van der Waals surface area (Å²) >= 11 is 0. The molecule has 150 valence electrons. The predicted molar refractivity (Wildman–Crippen MR) is 114 cm³/mol. The number of carbonyl (C=O) groups excluding carboxylic acids is 2. The van der Waals surface area contributed by atoms with Crippen molar-refractivity contribution in [3.8, 4) is 11.5 Å². The Morgan fingerprint density at radius 1 is 0.897 bits per heavy atom. The molecule has 2 amide bonds. The summed E-state index contributed by atoms with van der Waals surface area (Å²) in [6.07, 6.45) is 4.70. The van der Waals surface area contributed by atoms with Crippen LogP contribution in [0.15, 0.2) is 60.7 Å². The van der Waals surface area contributed by atoms with Gasteiger partial charge in [0.25, 0.3) is 0 Å². The summed E-state index contributed by atoms with van der Waals surface area (Å²) in [4.78, 5) is 27.1. The average molecular weight is 389 g/mol. The number of hydrogen-bond acceptors (Lipinski definition) is 3. The number of rotatable bonds is 3. The lowest BCUT2D eigenvalue weighted by Crippen LogP contribution is -2.31. The van der Waals surface area contributed by atoms with Crippen LogP contribution in [0.3, 0.4) is 0 Å². The molecule has 0 bridgehead atoms.